The van der Waals surface area contributed by atoms with E-state index in [1.165, 1.54) is 12.1 Å². The third-order valence-corrected chi connectivity index (χ3v) is 1.66. The number of halogens is 1. The van der Waals surface area contributed by atoms with Crippen LogP contribution in [0.5, 0.6) is 0 Å². The zero-order valence-corrected chi connectivity index (χ0v) is 7.37. The van der Waals surface area contributed by atoms with Gasteiger partial charge < -0.3 is 0 Å². The average molecular weight is 186 g/mol. The Labute approximate surface area is 81.5 Å². The molecule has 0 aliphatic rings. The number of nitrogens with zero attached hydrogens (tertiary/aromatic N) is 2. The molecule has 1 aromatic rings. The number of benzene rings is 1. The van der Waals surface area contributed by atoms with Crippen molar-refractivity contribution in [2.45, 2.75) is 6.42 Å². The molecule has 0 saturated heterocycles. The summed E-state index contributed by atoms with van der Waals surface area (Å²) < 4.78 is 13.3. The predicted octanol–water partition coefficient (Wildman–Crippen LogP) is 2.62. The van der Waals surface area contributed by atoms with Crippen LogP contribution in [0.1, 0.15) is 17.5 Å². The highest BCUT2D eigenvalue weighted by Gasteiger charge is 2.03. The number of rotatable bonds is 2. The molecule has 2 nitrogen and oxygen atoms in total. The second-order valence-electron chi connectivity index (χ2n) is 2.59. The van der Waals surface area contributed by atoms with E-state index in [0.29, 0.717) is 5.56 Å². The Hall–Kier alpha value is -2.13. The molecule has 68 valence electrons. The smallest absolute Gasteiger partial charge is 0.148 e. The predicted molar refractivity (Wildman–Crippen MR) is 50.4 cm³/mol. The normalized spacial score (nSPS) is 9.64. The third kappa shape index (κ3) is 2.18. The van der Waals surface area contributed by atoms with Crippen LogP contribution < -0.4 is 0 Å². The van der Waals surface area contributed by atoms with Crippen molar-refractivity contribution in [3.05, 3.63) is 41.2 Å². The molecular weight excluding hydrogens is 179 g/mol. The molecule has 0 aliphatic heterocycles. The fraction of sp³-hybridized carbons (Fsp3) is 0.0909. The summed E-state index contributed by atoms with van der Waals surface area (Å²) in [4.78, 5) is 0. The van der Waals surface area contributed by atoms with Crippen molar-refractivity contribution in [2.75, 3.05) is 0 Å². The van der Waals surface area contributed by atoms with Gasteiger partial charge in [-0.15, -0.1) is 0 Å². The summed E-state index contributed by atoms with van der Waals surface area (Å²) in [6.07, 6.45) is 3.29. The van der Waals surface area contributed by atoms with Crippen LogP contribution in [0.2, 0.25) is 0 Å². The minimum Gasteiger partial charge on any atom is -0.205 e. The molecule has 0 fully saturated rings. The molecule has 0 N–H and O–H groups in total. The molecule has 0 heterocycles. The van der Waals surface area contributed by atoms with E-state index in [0.717, 1.165) is 0 Å². The Morgan fingerprint density at radius 1 is 1.36 bits per heavy atom. The lowest BCUT2D eigenvalue weighted by Crippen LogP contribution is -1.87. The molecule has 1 rings (SSSR count). The van der Waals surface area contributed by atoms with E-state index < -0.39 is 5.82 Å². The Kier molecular flexibility index (Phi) is 3.41. The van der Waals surface area contributed by atoms with E-state index in [4.69, 9.17) is 10.5 Å². The quantitative estimate of drug-likeness (QED) is 0.712. The van der Waals surface area contributed by atoms with Gasteiger partial charge in [-0.3, -0.25) is 0 Å². The fourth-order valence-electron chi connectivity index (χ4n) is 1.00. The van der Waals surface area contributed by atoms with Gasteiger partial charge in [0.1, 0.15) is 11.9 Å². The average Bonchev–Trinajstić information content (AvgIpc) is 2.21. The highest BCUT2D eigenvalue weighted by Crippen LogP contribution is 2.13. The zero-order valence-electron chi connectivity index (χ0n) is 7.37. The van der Waals surface area contributed by atoms with E-state index >= 15 is 0 Å². The Bertz CT molecular complexity index is 436. The van der Waals surface area contributed by atoms with Crippen molar-refractivity contribution >= 4 is 6.08 Å². The van der Waals surface area contributed by atoms with Gasteiger partial charge >= 0.3 is 0 Å². The molecule has 0 aliphatic carbocycles. The first kappa shape index (κ1) is 9.95. The molecular formula is C11H7FN2. The summed E-state index contributed by atoms with van der Waals surface area (Å²) in [5.74, 6) is -0.538. The van der Waals surface area contributed by atoms with Gasteiger partial charge in [0.25, 0.3) is 0 Å². The van der Waals surface area contributed by atoms with Crippen molar-refractivity contribution in [1.29, 1.82) is 10.5 Å². The molecule has 0 saturated carbocycles. The summed E-state index contributed by atoms with van der Waals surface area (Å²) >= 11 is 0. The number of allylic oxidation sites excluding steroid dienone is 1. The summed E-state index contributed by atoms with van der Waals surface area (Å²) in [5, 5.41) is 16.8. The van der Waals surface area contributed by atoms with Crippen LogP contribution in [0, 0.1) is 28.5 Å². The standard InChI is InChI=1S/C11H7FN2/c12-11-9(4-1-2-7-13)5-3-6-10(11)8-14/h1,3-6H,2H2. The molecule has 1 aromatic carbocycles. The molecule has 0 spiro atoms. The van der Waals surface area contributed by atoms with Crippen LogP contribution in [-0.4, -0.2) is 0 Å². The molecule has 0 aromatic heterocycles. The first-order chi connectivity index (χ1) is 6.79. The summed E-state index contributed by atoms with van der Waals surface area (Å²) in [6.45, 7) is 0. The maximum Gasteiger partial charge on any atom is 0.148 e. The van der Waals surface area contributed by atoms with Gasteiger partial charge in [0.2, 0.25) is 0 Å². The Morgan fingerprint density at radius 2 is 2.14 bits per heavy atom. The monoisotopic (exact) mass is 186 g/mol. The summed E-state index contributed by atoms with van der Waals surface area (Å²) in [6, 6.07) is 8.24. The number of nitriles is 2. The molecule has 0 amide bonds. The van der Waals surface area contributed by atoms with E-state index in [9.17, 15) is 4.39 Å². The lowest BCUT2D eigenvalue weighted by molar-refractivity contribution is 0.621. The van der Waals surface area contributed by atoms with Crippen LogP contribution in [0.15, 0.2) is 24.3 Å². The van der Waals surface area contributed by atoms with E-state index in [-0.39, 0.29) is 12.0 Å². The molecule has 0 unspecified atom stereocenters. The lowest BCUT2D eigenvalue weighted by atomic mass is 10.1. The van der Waals surface area contributed by atoms with Crippen LogP contribution in [-0.2, 0) is 0 Å². The van der Waals surface area contributed by atoms with E-state index in [1.807, 2.05) is 6.07 Å². The first-order valence-electron chi connectivity index (χ1n) is 4.01. The van der Waals surface area contributed by atoms with Crippen LogP contribution in [0.3, 0.4) is 0 Å². The SMILES string of the molecule is N#CCC=Cc1cccc(C#N)c1F. The van der Waals surface area contributed by atoms with Crippen molar-refractivity contribution in [3.63, 3.8) is 0 Å². The largest absolute Gasteiger partial charge is 0.205 e. The van der Waals surface area contributed by atoms with Crippen LogP contribution >= 0.6 is 0 Å². The third-order valence-electron chi connectivity index (χ3n) is 1.66. The van der Waals surface area contributed by atoms with Gasteiger partial charge in [-0.2, -0.15) is 10.5 Å². The summed E-state index contributed by atoms with van der Waals surface area (Å²) in [7, 11) is 0. The van der Waals surface area contributed by atoms with Gasteiger partial charge in [0, 0.05) is 5.56 Å². The molecule has 14 heavy (non-hydrogen) atoms. The molecule has 3 heteroatoms. The minimum absolute atomic E-state index is 0.0177. The fourth-order valence-corrected chi connectivity index (χ4v) is 1.00. The van der Waals surface area contributed by atoms with Gasteiger partial charge in [-0.05, 0) is 6.07 Å². The maximum absolute atomic E-state index is 13.3. The Morgan fingerprint density at radius 3 is 2.79 bits per heavy atom. The molecule has 0 bridgehead atoms. The van der Waals surface area contributed by atoms with Crippen LogP contribution in [0.4, 0.5) is 4.39 Å². The highest BCUT2D eigenvalue weighted by atomic mass is 19.1. The van der Waals surface area contributed by atoms with E-state index in [2.05, 4.69) is 0 Å². The van der Waals surface area contributed by atoms with Gasteiger partial charge in [-0.1, -0.05) is 24.3 Å². The second-order valence-corrected chi connectivity index (χ2v) is 2.59. The lowest BCUT2D eigenvalue weighted by Gasteiger charge is -1.97. The van der Waals surface area contributed by atoms with Crippen LogP contribution in [0.25, 0.3) is 6.08 Å². The van der Waals surface area contributed by atoms with Gasteiger partial charge in [-0.25, -0.2) is 4.39 Å². The van der Waals surface area contributed by atoms with E-state index in [1.54, 1.807) is 24.3 Å². The van der Waals surface area contributed by atoms with Crippen molar-refractivity contribution < 1.29 is 4.39 Å². The molecule has 0 atom stereocenters. The Balaban J connectivity index is 3.01. The second kappa shape index (κ2) is 4.79. The van der Waals surface area contributed by atoms with Crippen molar-refractivity contribution in [1.82, 2.24) is 0 Å². The first-order valence-corrected chi connectivity index (χ1v) is 4.01. The topological polar surface area (TPSA) is 47.6 Å². The number of hydrogen-bond acceptors (Lipinski definition) is 2. The molecule has 0 radical (unpaired) electrons. The maximum atomic E-state index is 13.3. The van der Waals surface area contributed by atoms with Crippen molar-refractivity contribution in [3.8, 4) is 12.1 Å². The summed E-state index contributed by atoms with van der Waals surface area (Å²) in [5.41, 5.74) is 0.350. The van der Waals surface area contributed by atoms with Crippen molar-refractivity contribution in [2.24, 2.45) is 0 Å². The van der Waals surface area contributed by atoms with Gasteiger partial charge in [0.05, 0.1) is 18.1 Å². The van der Waals surface area contributed by atoms with Gasteiger partial charge in [0.15, 0.2) is 0 Å². The minimum atomic E-state index is -0.538. The number of hydrogen-bond donors (Lipinski definition) is 0. The zero-order chi connectivity index (χ0) is 10.4. The highest BCUT2D eigenvalue weighted by molar-refractivity contribution is 5.53.